The highest BCUT2D eigenvalue weighted by Gasteiger charge is 2.30. The van der Waals surface area contributed by atoms with Crippen LogP contribution in [0.1, 0.15) is 30.8 Å². The van der Waals surface area contributed by atoms with Crippen molar-refractivity contribution in [3.05, 3.63) is 41.2 Å². The Morgan fingerprint density at radius 3 is 2.83 bits per heavy atom. The monoisotopic (exact) mass is 328 g/mol. The number of aromatic nitrogens is 2. The second kappa shape index (κ2) is 6.28. The summed E-state index contributed by atoms with van der Waals surface area (Å²) in [5.74, 6) is 0.852. The Balaban J connectivity index is 1.73. The van der Waals surface area contributed by atoms with Crippen molar-refractivity contribution in [2.75, 3.05) is 18.4 Å². The van der Waals surface area contributed by atoms with E-state index in [1.165, 1.54) is 0 Å². The molecule has 0 atom stereocenters. The van der Waals surface area contributed by atoms with E-state index in [-0.39, 0.29) is 11.5 Å². The Bertz CT molecular complexity index is 732. The fraction of sp³-hybridized carbons (Fsp3) is 0.444. The standard InChI is InChI=1S/C18H24N4O2/c1-12-17(13(2)21-20-12)19-16(23)10-22-9-14-7-5-6-8-15(14)24-18(3,4)11-22/h5-8H,9-11H2,1-4H3,(H,19,23)(H,20,21). The van der Waals surface area contributed by atoms with E-state index in [9.17, 15) is 4.79 Å². The molecule has 1 aromatic carbocycles. The van der Waals surface area contributed by atoms with Gasteiger partial charge in [-0.05, 0) is 33.8 Å². The summed E-state index contributed by atoms with van der Waals surface area (Å²) in [4.78, 5) is 14.6. The molecule has 24 heavy (non-hydrogen) atoms. The lowest BCUT2D eigenvalue weighted by Crippen LogP contribution is -2.43. The van der Waals surface area contributed by atoms with Gasteiger partial charge in [-0.1, -0.05) is 18.2 Å². The van der Waals surface area contributed by atoms with E-state index in [4.69, 9.17) is 4.74 Å². The van der Waals surface area contributed by atoms with Crippen LogP contribution in [-0.4, -0.2) is 39.7 Å². The summed E-state index contributed by atoms with van der Waals surface area (Å²) < 4.78 is 6.11. The van der Waals surface area contributed by atoms with Crippen molar-refractivity contribution in [3.8, 4) is 5.75 Å². The number of ether oxygens (including phenoxy) is 1. The van der Waals surface area contributed by atoms with Crippen LogP contribution in [0.2, 0.25) is 0 Å². The minimum Gasteiger partial charge on any atom is -0.486 e. The van der Waals surface area contributed by atoms with Crippen LogP contribution < -0.4 is 10.1 Å². The first-order chi connectivity index (χ1) is 11.3. The molecule has 0 spiro atoms. The zero-order chi connectivity index (χ0) is 17.3. The molecule has 128 valence electrons. The molecular weight excluding hydrogens is 304 g/mol. The van der Waals surface area contributed by atoms with E-state index in [0.29, 0.717) is 19.6 Å². The van der Waals surface area contributed by atoms with Gasteiger partial charge in [-0.2, -0.15) is 5.10 Å². The number of rotatable bonds is 3. The third kappa shape index (κ3) is 3.59. The average Bonchev–Trinajstić information content (AvgIpc) is 2.73. The number of aryl methyl sites for hydroxylation is 2. The van der Waals surface area contributed by atoms with Crippen LogP contribution in [0, 0.1) is 13.8 Å². The number of nitrogens with zero attached hydrogens (tertiary/aromatic N) is 2. The van der Waals surface area contributed by atoms with E-state index >= 15 is 0 Å². The van der Waals surface area contributed by atoms with Crippen molar-refractivity contribution in [1.82, 2.24) is 15.1 Å². The van der Waals surface area contributed by atoms with E-state index in [0.717, 1.165) is 28.4 Å². The van der Waals surface area contributed by atoms with Gasteiger partial charge < -0.3 is 10.1 Å². The number of nitrogens with one attached hydrogen (secondary N) is 2. The summed E-state index contributed by atoms with van der Waals surface area (Å²) in [5, 5.41) is 9.96. The molecule has 1 aliphatic rings. The third-order valence-corrected chi connectivity index (χ3v) is 4.12. The molecule has 2 heterocycles. The normalized spacial score (nSPS) is 16.8. The topological polar surface area (TPSA) is 70.2 Å². The highest BCUT2D eigenvalue weighted by atomic mass is 16.5. The SMILES string of the molecule is Cc1n[nH]c(C)c1NC(=O)CN1Cc2ccccc2OC(C)(C)C1. The maximum absolute atomic E-state index is 12.5. The first-order valence-corrected chi connectivity index (χ1v) is 8.15. The van der Waals surface area contributed by atoms with Gasteiger partial charge in [0.25, 0.3) is 0 Å². The molecule has 3 rings (SSSR count). The van der Waals surface area contributed by atoms with E-state index in [1.807, 2.05) is 52.0 Å². The average molecular weight is 328 g/mol. The lowest BCUT2D eigenvalue weighted by atomic mass is 10.1. The molecule has 0 saturated carbocycles. The molecule has 2 aromatic rings. The van der Waals surface area contributed by atoms with Crippen LogP contribution in [0.15, 0.2) is 24.3 Å². The smallest absolute Gasteiger partial charge is 0.238 e. The zero-order valence-corrected chi connectivity index (χ0v) is 14.6. The molecule has 0 radical (unpaired) electrons. The van der Waals surface area contributed by atoms with Crippen molar-refractivity contribution in [1.29, 1.82) is 0 Å². The van der Waals surface area contributed by atoms with Crippen LogP contribution in [-0.2, 0) is 11.3 Å². The first-order valence-electron chi connectivity index (χ1n) is 8.15. The lowest BCUT2D eigenvalue weighted by Gasteiger charge is -2.29. The van der Waals surface area contributed by atoms with E-state index < -0.39 is 0 Å². The molecule has 0 unspecified atom stereocenters. The molecule has 6 nitrogen and oxygen atoms in total. The zero-order valence-electron chi connectivity index (χ0n) is 14.6. The van der Waals surface area contributed by atoms with Gasteiger partial charge in [0.05, 0.1) is 23.6 Å². The number of para-hydroxylation sites is 1. The molecule has 2 N–H and O–H groups in total. The van der Waals surface area contributed by atoms with Gasteiger partial charge in [-0.25, -0.2) is 0 Å². The molecule has 1 aliphatic heterocycles. The fourth-order valence-electron chi connectivity index (χ4n) is 3.13. The number of anilines is 1. The second-order valence-electron chi connectivity index (χ2n) is 6.97. The van der Waals surface area contributed by atoms with Crippen LogP contribution >= 0.6 is 0 Å². The van der Waals surface area contributed by atoms with Crippen molar-refractivity contribution >= 4 is 11.6 Å². The summed E-state index contributed by atoms with van der Waals surface area (Å²) in [6.45, 7) is 9.54. The van der Waals surface area contributed by atoms with Gasteiger partial charge in [0, 0.05) is 18.7 Å². The fourth-order valence-corrected chi connectivity index (χ4v) is 3.13. The van der Waals surface area contributed by atoms with E-state index in [2.05, 4.69) is 20.4 Å². The quantitative estimate of drug-likeness (QED) is 0.909. The van der Waals surface area contributed by atoms with Gasteiger partial charge in [0.2, 0.25) is 5.91 Å². The number of hydrogen-bond donors (Lipinski definition) is 2. The number of fused-ring (bicyclic) bond motifs is 1. The first kappa shape index (κ1) is 16.5. The molecule has 0 bridgehead atoms. The van der Waals surface area contributed by atoms with Gasteiger partial charge in [-0.3, -0.25) is 14.8 Å². The Hall–Kier alpha value is -2.34. The predicted molar refractivity (Wildman–Crippen MR) is 93.1 cm³/mol. The Morgan fingerprint density at radius 2 is 2.12 bits per heavy atom. The minimum absolute atomic E-state index is 0.0437. The predicted octanol–water partition coefficient (Wildman–Crippen LogP) is 2.64. The number of aromatic amines is 1. The van der Waals surface area contributed by atoms with Crippen molar-refractivity contribution < 1.29 is 9.53 Å². The number of carbonyl (C=O) groups is 1. The van der Waals surface area contributed by atoms with Crippen molar-refractivity contribution in [3.63, 3.8) is 0 Å². The largest absolute Gasteiger partial charge is 0.486 e. The Kier molecular flexibility index (Phi) is 4.32. The second-order valence-corrected chi connectivity index (χ2v) is 6.97. The summed E-state index contributed by atoms with van der Waals surface area (Å²) in [6, 6.07) is 8.00. The number of benzene rings is 1. The van der Waals surface area contributed by atoms with Gasteiger partial charge >= 0.3 is 0 Å². The molecule has 1 aromatic heterocycles. The number of H-pyrrole nitrogens is 1. The summed E-state index contributed by atoms with van der Waals surface area (Å²) in [6.07, 6.45) is 0. The maximum Gasteiger partial charge on any atom is 0.238 e. The minimum atomic E-state index is -0.353. The number of carbonyl (C=O) groups excluding carboxylic acids is 1. The number of hydrogen-bond acceptors (Lipinski definition) is 4. The van der Waals surface area contributed by atoms with Gasteiger partial charge in [-0.15, -0.1) is 0 Å². The molecule has 6 heteroatoms. The Labute approximate surface area is 142 Å². The molecule has 0 aliphatic carbocycles. The van der Waals surface area contributed by atoms with Gasteiger partial charge in [0.15, 0.2) is 0 Å². The highest BCUT2D eigenvalue weighted by Crippen LogP contribution is 2.29. The highest BCUT2D eigenvalue weighted by molar-refractivity contribution is 5.93. The summed E-state index contributed by atoms with van der Waals surface area (Å²) in [7, 11) is 0. The molecule has 1 amide bonds. The lowest BCUT2D eigenvalue weighted by molar-refractivity contribution is -0.117. The van der Waals surface area contributed by atoms with Crippen LogP contribution in [0.3, 0.4) is 0 Å². The van der Waals surface area contributed by atoms with Gasteiger partial charge in [0.1, 0.15) is 11.4 Å². The van der Waals surface area contributed by atoms with Crippen LogP contribution in [0.4, 0.5) is 5.69 Å². The third-order valence-electron chi connectivity index (χ3n) is 4.12. The number of amides is 1. The van der Waals surface area contributed by atoms with Crippen LogP contribution in [0.5, 0.6) is 5.75 Å². The molecule has 0 fully saturated rings. The van der Waals surface area contributed by atoms with Crippen LogP contribution in [0.25, 0.3) is 0 Å². The van der Waals surface area contributed by atoms with Crippen molar-refractivity contribution in [2.24, 2.45) is 0 Å². The Morgan fingerprint density at radius 1 is 1.38 bits per heavy atom. The van der Waals surface area contributed by atoms with Crippen molar-refractivity contribution in [2.45, 2.75) is 39.8 Å². The molecule has 0 saturated heterocycles. The summed E-state index contributed by atoms with van der Waals surface area (Å²) >= 11 is 0. The van der Waals surface area contributed by atoms with E-state index in [1.54, 1.807) is 0 Å². The molecular formula is C18H24N4O2. The summed E-state index contributed by atoms with van der Waals surface area (Å²) in [5.41, 5.74) is 3.18. The maximum atomic E-state index is 12.5.